The molecular weight excluding hydrogens is 244 g/mol. The molecule has 1 aromatic heterocycles. The van der Waals surface area contributed by atoms with Crippen molar-refractivity contribution in [2.75, 3.05) is 0 Å². The second-order valence-corrected chi connectivity index (χ2v) is 4.95. The molecule has 0 radical (unpaired) electrons. The SMILES string of the molecule is Cc1ccc(-c2csc(Cl)c2C(=O)O)cc1. The van der Waals surface area contributed by atoms with E-state index in [-0.39, 0.29) is 5.56 Å². The Bertz CT molecular complexity index is 528. The maximum absolute atomic E-state index is 11.1. The summed E-state index contributed by atoms with van der Waals surface area (Å²) in [7, 11) is 0. The van der Waals surface area contributed by atoms with Gasteiger partial charge in [0.05, 0.1) is 5.56 Å². The number of halogens is 1. The van der Waals surface area contributed by atoms with E-state index in [1.165, 1.54) is 11.3 Å². The Kier molecular flexibility index (Phi) is 2.99. The van der Waals surface area contributed by atoms with Crippen molar-refractivity contribution in [3.8, 4) is 11.1 Å². The molecular formula is C12H9ClO2S. The summed E-state index contributed by atoms with van der Waals surface area (Å²) in [6.07, 6.45) is 0. The average Bonchev–Trinajstić information content (AvgIpc) is 2.61. The van der Waals surface area contributed by atoms with Crippen LogP contribution in [0.5, 0.6) is 0 Å². The zero-order valence-electron chi connectivity index (χ0n) is 8.53. The highest BCUT2D eigenvalue weighted by molar-refractivity contribution is 7.15. The molecule has 0 saturated carbocycles. The van der Waals surface area contributed by atoms with E-state index in [0.29, 0.717) is 9.90 Å². The van der Waals surface area contributed by atoms with Gasteiger partial charge in [-0.25, -0.2) is 4.79 Å². The smallest absolute Gasteiger partial charge is 0.338 e. The lowest BCUT2D eigenvalue weighted by Gasteiger charge is -2.01. The molecule has 0 spiro atoms. The zero-order chi connectivity index (χ0) is 11.7. The minimum atomic E-state index is -0.984. The molecule has 2 rings (SSSR count). The van der Waals surface area contributed by atoms with E-state index in [1.807, 2.05) is 31.2 Å². The number of thiophene rings is 1. The standard InChI is InChI=1S/C12H9ClO2S/c1-7-2-4-8(5-3-7)9-6-16-11(13)10(9)12(14)15/h2-6H,1H3,(H,14,15). The van der Waals surface area contributed by atoms with Crippen molar-refractivity contribution in [3.63, 3.8) is 0 Å². The maximum Gasteiger partial charge on any atom is 0.338 e. The maximum atomic E-state index is 11.1. The van der Waals surface area contributed by atoms with Crippen LogP contribution < -0.4 is 0 Å². The Morgan fingerprint density at radius 1 is 1.31 bits per heavy atom. The van der Waals surface area contributed by atoms with Crippen molar-refractivity contribution in [1.82, 2.24) is 0 Å². The fourth-order valence-corrected chi connectivity index (χ4v) is 2.59. The van der Waals surface area contributed by atoms with E-state index in [9.17, 15) is 4.79 Å². The average molecular weight is 253 g/mol. The number of carboxylic acid groups (broad SMARTS) is 1. The van der Waals surface area contributed by atoms with Gasteiger partial charge in [-0.05, 0) is 12.5 Å². The van der Waals surface area contributed by atoms with Crippen molar-refractivity contribution in [1.29, 1.82) is 0 Å². The van der Waals surface area contributed by atoms with Crippen LogP contribution in [-0.4, -0.2) is 11.1 Å². The van der Waals surface area contributed by atoms with Gasteiger partial charge in [-0.15, -0.1) is 11.3 Å². The van der Waals surface area contributed by atoms with Crippen LogP contribution in [0.4, 0.5) is 0 Å². The lowest BCUT2D eigenvalue weighted by Crippen LogP contribution is -1.96. The normalized spacial score (nSPS) is 10.4. The predicted molar refractivity (Wildman–Crippen MR) is 66.5 cm³/mol. The van der Waals surface area contributed by atoms with Crippen LogP contribution in [0.15, 0.2) is 29.6 Å². The first-order chi connectivity index (χ1) is 7.59. The molecule has 16 heavy (non-hydrogen) atoms. The van der Waals surface area contributed by atoms with Crippen molar-refractivity contribution >= 4 is 28.9 Å². The molecule has 2 nitrogen and oxygen atoms in total. The van der Waals surface area contributed by atoms with Crippen molar-refractivity contribution in [2.45, 2.75) is 6.92 Å². The van der Waals surface area contributed by atoms with Crippen LogP contribution in [0.2, 0.25) is 4.34 Å². The Balaban J connectivity index is 2.56. The summed E-state index contributed by atoms with van der Waals surface area (Å²) in [5.41, 5.74) is 2.89. The molecule has 82 valence electrons. The monoisotopic (exact) mass is 252 g/mol. The second-order valence-electron chi connectivity index (χ2n) is 3.47. The third-order valence-corrected chi connectivity index (χ3v) is 3.54. The first-order valence-corrected chi connectivity index (χ1v) is 5.92. The molecule has 0 unspecified atom stereocenters. The molecule has 0 bridgehead atoms. The van der Waals surface area contributed by atoms with Crippen LogP contribution >= 0.6 is 22.9 Å². The Morgan fingerprint density at radius 3 is 2.50 bits per heavy atom. The molecule has 0 aliphatic rings. The Morgan fingerprint density at radius 2 is 1.94 bits per heavy atom. The number of hydrogen-bond acceptors (Lipinski definition) is 2. The summed E-state index contributed by atoms with van der Waals surface area (Å²) in [6, 6.07) is 7.71. The molecule has 0 fully saturated rings. The largest absolute Gasteiger partial charge is 0.478 e. The minimum absolute atomic E-state index is 0.190. The van der Waals surface area contributed by atoms with Crippen LogP contribution in [0.1, 0.15) is 15.9 Å². The number of aryl methyl sites for hydroxylation is 1. The topological polar surface area (TPSA) is 37.3 Å². The Hall–Kier alpha value is -1.32. The first kappa shape index (κ1) is 11.2. The summed E-state index contributed by atoms with van der Waals surface area (Å²) >= 11 is 7.10. The van der Waals surface area contributed by atoms with Crippen LogP contribution in [0.3, 0.4) is 0 Å². The molecule has 4 heteroatoms. The van der Waals surface area contributed by atoms with E-state index in [2.05, 4.69) is 0 Å². The zero-order valence-corrected chi connectivity index (χ0v) is 10.1. The van der Waals surface area contributed by atoms with Crippen molar-refractivity contribution in [3.05, 3.63) is 45.1 Å². The number of carboxylic acids is 1. The second kappa shape index (κ2) is 4.28. The van der Waals surface area contributed by atoms with E-state index >= 15 is 0 Å². The highest BCUT2D eigenvalue weighted by atomic mass is 35.5. The number of benzene rings is 1. The number of aromatic carboxylic acids is 1. The molecule has 0 amide bonds. The fourth-order valence-electron chi connectivity index (χ4n) is 1.48. The van der Waals surface area contributed by atoms with E-state index in [4.69, 9.17) is 16.7 Å². The van der Waals surface area contributed by atoms with Crippen LogP contribution in [-0.2, 0) is 0 Å². The van der Waals surface area contributed by atoms with Gasteiger partial charge in [0.2, 0.25) is 0 Å². The first-order valence-electron chi connectivity index (χ1n) is 4.67. The van der Waals surface area contributed by atoms with E-state index in [1.54, 1.807) is 5.38 Å². The van der Waals surface area contributed by atoms with Gasteiger partial charge in [0, 0.05) is 10.9 Å². The van der Waals surface area contributed by atoms with Gasteiger partial charge in [0.1, 0.15) is 4.34 Å². The minimum Gasteiger partial charge on any atom is -0.478 e. The van der Waals surface area contributed by atoms with Gasteiger partial charge in [0.25, 0.3) is 0 Å². The lowest BCUT2D eigenvalue weighted by atomic mass is 10.0. The van der Waals surface area contributed by atoms with Crippen LogP contribution in [0, 0.1) is 6.92 Å². The lowest BCUT2D eigenvalue weighted by molar-refractivity contribution is 0.0698. The molecule has 1 aromatic carbocycles. The van der Waals surface area contributed by atoms with Crippen molar-refractivity contribution < 1.29 is 9.90 Å². The van der Waals surface area contributed by atoms with Gasteiger partial charge in [-0.1, -0.05) is 41.4 Å². The molecule has 0 aliphatic heterocycles. The van der Waals surface area contributed by atoms with E-state index < -0.39 is 5.97 Å². The third kappa shape index (κ3) is 1.96. The quantitative estimate of drug-likeness (QED) is 0.875. The van der Waals surface area contributed by atoms with Gasteiger partial charge < -0.3 is 5.11 Å². The van der Waals surface area contributed by atoms with Gasteiger partial charge in [-0.3, -0.25) is 0 Å². The van der Waals surface area contributed by atoms with Gasteiger partial charge >= 0.3 is 5.97 Å². The van der Waals surface area contributed by atoms with Gasteiger partial charge in [-0.2, -0.15) is 0 Å². The number of carbonyl (C=O) groups is 1. The Labute approximate surface area is 102 Å². The summed E-state index contributed by atoms with van der Waals surface area (Å²) < 4.78 is 0.322. The fraction of sp³-hybridized carbons (Fsp3) is 0.0833. The predicted octanol–water partition coefficient (Wildman–Crippen LogP) is 4.08. The molecule has 1 N–H and O–H groups in total. The number of hydrogen-bond donors (Lipinski definition) is 1. The summed E-state index contributed by atoms with van der Waals surface area (Å²) in [6.45, 7) is 1.99. The molecule has 1 heterocycles. The molecule has 0 aliphatic carbocycles. The summed E-state index contributed by atoms with van der Waals surface area (Å²) in [4.78, 5) is 11.1. The highest BCUT2D eigenvalue weighted by Crippen LogP contribution is 2.34. The van der Waals surface area contributed by atoms with Crippen molar-refractivity contribution in [2.24, 2.45) is 0 Å². The summed E-state index contributed by atoms with van der Waals surface area (Å²) in [5, 5.41) is 10.8. The van der Waals surface area contributed by atoms with Crippen LogP contribution in [0.25, 0.3) is 11.1 Å². The molecule has 0 atom stereocenters. The summed E-state index contributed by atoms with van der Waals surface area (Å²) in [5.74, 6) is -0.984. The molecule has 2 aromatic rings. The highest BCUT2D eigenvalue weighted by Gasteiger charge is 2.17. The number of rotatable bonds is 2. The van der Waals surface area contributed by atoms with E-state index in [0.717, 1.165) is 11.1 Å². The third-order valence-electron chi connectivity index (χ3n) is 2.32. The molecule has 0 saturated heterocycles. The van der Waals surface area contributed by atoms with Gasteiger partial charge in [0.15, 0.2) is 0 Å².